The third-order valence-corrected chi connectivity index (χ3v) is 7.13. The molecule has 3 aromatic rings. The zero-order valence-corrected chi connectivity index (χ0v) is 22.6. The molecule has 3 atom stereocenters. The van der Waals surface area contributed by atoms with Gasteiger partial charge in [0.1, 0.15) is 12.4 Å². The van der Waals surface area contributed by atoms with Gasteiger partial charge in [-0.25, -0.2) is 0 Å². The van der Waals surface area contributed by atoms with Gasteiger partial charge >= 0.3 is 6.18 Å². The van der Waals surface area contributed by atoms with Gasteiger partial charge in [-0.05, 0) is 60.3 Å². The Kier molecular flexibility index (Phi) is 10.5. The molecule has 3 N–H and O–H groups in total. The second-order valence-corrected chi connectivity index (χ2v) is 9.86. The van der Waals surface area contributed by atoms with Gasteiger partial charge in [-0.1, -0.05) is 48.5 Å². The molecule has 1 aliphatic carbocycles. The second-order valence-electron chi connectivity index (χ2n) is 9.86. The molecule has 0 amide bonds. The fourth-order valence-electron chi connectivity index (χ4n) is 4.97. The predicted molar refractivity (Wildman–Crippen MR) is 150 cm³/mol. The van der Waals surface area contributed by atoms with E-state index in [-0.39, 0.29) is 24.8 Å². The molecule has 0 radical (unpaired) electrons. The molecular formula is C29H34Cl2F3N3O. The van der Waals surface area contributed by atoms with E-state index >= 15 is 0 Å². The highest BCUT2D eigenvalue weighted by atomic mass is 35.5. The Labute approximate surface area is 234 Å². The SMILES string of the molecule is Cl.Cl.NC1CCN(CCN[C@@H]2C[C@H]2c2ccc(OCc3ccccc3)c(-c3ccc(C(F)(F)F)cc3)c2)C1. The molecule has 1 aliphatic heterocycles. The van der Waals surface area contributed by atoms with E-state index in [4.69, 9.17) is 10.5 Å². The van der Waals surface area contributed by atoms with Crippen molar-refractivity contribution in [2.75, 3.05) is 26.2 Å². The van der Waals surface area contributed by atoms with Crippen LogP contribution < -0.4 is 15.8 Å². The van der Waals surface area contributed by atoms with Crippen molar-refractivity contribution in [3.63, 3.8) is 0 Å². The van der Waals surface area contributed by atoms with Crippen LogP contribution in [0.3, 0.4) is 0 Å². The fraction of sp³-hybridized carbons (Fsp3) is 0.379. The first-order chi connectivity index (χ1) is 17.4. The number of benzene rings is 3. The Morgan fingerprint density at radius 1 is 0.974 bits per heavy atom. The van der Waals surface area contributed by atoms with Crippen LogP contribution in [0, 0.1) is 0 Å². The maximum Gasteiger partial charge on any atom is 0.416 e. The number of nitrogens with zero attached hydrogens (tertiary/aromatic N) is 1. The average molecular weight is 569 g/mol. The molecule has 2 aliphatic rings. The summed E-state index contributed by atoms with van der Waals surface area (Å²) < 4.78 is 45.5. The highest BCUT2D eigenvalue weighted by Gasteiger charge is 2.38. The van der Waals surface area contributed by atoms with Crippen molar-refractivity contribution >= 4 is 24.8 Å². The van der Waals surface area contributed by atoms with Crippen molar-refractivity contribution in [1.29, 1.82) is 0 Å². The average Bonchev–Trinajstić information content (AvgIpc) is 3.53. The van der Waals surface area contributed by atoms with E-state index in [1.165, 1.54) is 17.7 Å². The quantitative estimate of drug-likeness (QED) is 0.320. The maximum absolute atomic E-state index is 13.1. The summed E-state index contributed by atoms with van der Waals surface area (Å²) in [5.74, 6) is 1.06. The molecule has 1 heterocycles. The third kappa shape index (κ3) is 7.64. The molecular weight excluding hydrogens is 534 g/mol. The van der Waals surface area contributed by atoms with Gasteiger partial charge in [0.15, 0.2) is 0 Å². The first kappa shape index (κ1) is 30.3. The summed E-state index contributed by atoms with van der Waals surface area (Å²) in [6.07, 6.45) is -2.24. The summed E-state index contributed by atoms with van der Waals surface area (Å²) in [5.41, 5.74) is 9.08. The minimum atomic E-state index is -4.36. The highest BCUT2D eigenvalue weighted by Crippen LogP contribution is 2.44. The van der Waals surface area contributed by atoms with Crippen LogP contribution >= 0.6 is 24.8 Å². The van der Waals surface area contributed by atoms with Gasteiger partial charge in [0.25, 0.3) is 0 Å². The lowest BCUT2D eigenvalue weighted by molar-refractivity contribution is -0.137. The second kappa shape index (κ2) is 13.2. The van der Waals surface area contributed by atoms with Crippen LogP contribution in [0.4, 0.5) is 13.2 Å². The van der Waals surface area contributed by atoms with E-state index in [0.29, 0.717) is 35.9 Å². The number of nitrogens with one attached hydrogen (secondary N) is 1. The minimum Gasteiger partial charge on any atom is -0.488 e. The molecule has 1 saturated carbocycles. The van der Waals surface area contributed by atoms with Gasteiger partial charge in [-0.2, -0.15) is 13.2 Å². The van der Waals surface area contributed by atoms with Gasteiger partial charge in [0.05, 0.1) is 5.56 Å². The molecule has 2 fully saturated rings. The zero-order chi connectivity index (χ0) is 25.1. The molecule has 1 unspecified atom stereocenters. The van der Waals surface area contributed by atoms with Gasteiger partial charge in [0, 0.05) is 43.2 Å². The van der Waals surface area contributed by atoms with E-state index in [9.17, 15) is 13.2 Å². The van der Waals surface area contributed by atoms with Gasteiger partial charge in [-0.15, -0.1) is 24.8 Å². The normalized spacial score (nSPS) is 20.9. The number of alkyl halides is 3. The molecule has 38 heavy (non-hydrogen) atoms. The van der Waals surface area contributed by atoms with Crippen LogP contribution in [-0.2, 0) is 12.8 Å². The van der Waals surface area contributed by atoms with Crippen LogP contribution in [0.25, 0.3) is 11.1 Å². The van der Waals surface area contributed by atoms with Crippen molar-refractivity contribution in [3.8, 4) is 16.9 Å². The minimum absolute atomic E-state index is 0. The lowest BCUT2D eigenvalue weighted by atomic mass is 9.98. The molecule has 206 valence electrons. The Hall–Kier alpha value is -2.29. The molecule has 0 bridgehead atoms. The third-order valence-electron chi connectivity index (χ3n) is 7.13. The molecule has 0 aromatic heterocycles. The number of hydrogen-bond donors (Lipinski definition) is 2. The Balaban J connectivity index is 0.00000200. The number of nitrogens with two attached hydrogens (primary N) is 1. The number of rotatable bonds is 9. The molecule has 9 heteroatoms. The predicted octanol–water partition coefficient (Wildman–Crippen LogP) is 6.27. The number of likely N-dealkylation sites (tertiary alicyclic amines) is 1. The van der Waals surface area contributed by atoms with Crippen molar-refractivity contribution in [3.05, 3.63) is 89.5 Å². The topological polar surface area (TPSA) is 50.5 Å². The molecule has 3 aromatic carbocycles. The first-order valence-electron chi connectivity index (χ1n) is 12.6. The fourth-order valence-corrected chi connectivity index (χ4v) is 4.97. The van der Waals surface area contributed by atoms with Gasteiger partial charge in [0.2, 0.25) is 0 Å². The van der Waals surface area contributed by atoms with Crippen molar-refractivity contribution in [1.82, 2.24) is 10.2 Å². The Morgan fingerprint density at radius 3 is 2.37 bits per heavy atom. The van der Waals surface area contributed by atoms with Crippen molar-refractivity contribution < 1.29 is 17.9 Å². The summed E-state index contributed by atoms with van der Waals surface area (Å²) in [5, 5.41) is 3.65. The molecule has 4 nitrogen and oxygen atoms in total. The monoisotopic (exact) mass is 567 g/mol. The zero-order valence-electron chi connectivity index (χ0n) is 21.0. The van der Waals surface area contributed by atoms with E-state index < -0.39 is 11.7 Å². The maximum atomic E-state index is 13.1. The lowest BCUT2D eigenvalue weighted by Crippen LogP contribution is -2.33. The highest BCUT2D eigenvalue weighted by molar-refractivity contribution is 5.85. The number of hydrogen-bond acceptors (Lipinski definition) is 4. The lowest BCUT2D eigenvalue weighted by Gasteiger charge is -2.16. The summed E-state index contributed by atoms with van der Waals surface area (Å²) in [6, 6.07) is 22.0. The summed E-state index contributed by atoms with van der Waals surface area (Å²) in [4.78, 5) is 2.40. The Bertz CT molecular complexity index is 1160. The number of halogens is 5. The van der Waals surface area contributed by atoms with Crippen LogP contribution in [0.2, 0.25) is 0 Å². The van der Waals surface area contributed by atoms with E-state index in [1.807, 2.05) is 36.4 Å². The largest absolute Gasteiger partial charge is 0.488 e. The summed E-state index contributed by atoms with van der Waals surface area (Å²) in [6.45, 7) is 4.36. The van der Waals surface area contributed by atoms with E-state index in [1.54, 1.807) is 0 Å². The van der Waals surface area contributed by atoms with Crippen LogP contribution in [0.5, 0.6) is 5.75 Å². The number of ether oxygens (including phenoxy) is 1. The van der Waals surface area contributed by atoms with Crippen LogP contribution in [-0.4, -0.2) is 43.2 Å². The molecule has 1 saturated heterocycles. The van der Waals surface area contributed by atoms with Crippen LogP contribution in [0.15, 0.2) is 72.8 Å². The standard InChI is InChI=1S/C29H32F3N3O.2ClH/c30-29(31,32)23-9-6-21(7-10-23)26-16-22(8-11-28(26)36-19-20-4-2-1-3-5-20)25-17-27(25)34-13-15-35-14-12-24(33)18-35;;/h1-11,16,24-25,27,34H,12-15,17-19,33H2;2*1H/t24?,25-,27+;;/m0../s1. The smallest absolute Gasteiger partial charge is 0.416 e. The van der Waals surface area contributed by atoms with Crippen molar-refractivity contribution in [2.24, 2.45) is 5.73 Å². The molecule has 5 rings (SSSR count). The summed E-state index contributed by atoms with van der Waals surface area (Å²) in [7, 11) is 0. The first-order valence-corrected chi connectivity index (χ1v) is 12.6. The van der Waals surface area contributed by atoms with E-state index in [2.05, 4.69) is 22.3 Å². The van der Waals surface area contributed by atoms with E-state index in [0.717, 1.165) is 62.3 Å². The van der Waals surface area contributed by atoms with Crippen molar-refractivity contribution in [2.45, 2.75) is 43.6 Å². The summed E-state index contributed by atoms with van der Waals surface area (Å²) >= 11 is 0. The van der Waals surface area contributed by atoms with Gasteiger partial charge in [-0.3, -0.25) is 0 Å². The van der Waals surface area contributed by atoms with Crippen LogP contribution in [0.1, 0.15) is 35.4 Å². The van der Waals surface area contributed by atoms with Gasteiger partial charge < -0.3 is 20.7 Å². The Morgan fingerprint density at radius 2 is 1.71 bits per heavy atom. The molecule has 0 spiro atoms.